The number of piperazine rings is 2. The number of nitriles is 2. The second-order valence-electron chi connectivity index (χ2n) is 33.7. The molecule has 4 N–H and O–H groups in total. The van der Waals surface area contributed by atoms with Gasteiger partial charge in [0.2, 0.25) is 18.8 Å². The van der Waals surface area contributed by atoms with Crippen LogP contribution in [0, 0.1) is 50.4 Å². The normalized spacial score (nSPS) is 25.7. The molecule has 20 rings (SSSR count). The third-order valence-electron chi connectivity index (χ3n) is 26.6. The third-order valence-corrected chi connectivity index (χ3v) is 29.8. The summed E-state index contributed by atoms with van der Waals surface area (Å²) in [5.41, 5.74) is 8.73. The minimum atomic E-state index is -1.43. The largest absolute Gasteiger partial charge is 0.504 e. The van der Waals surface area contributed by atoms with Crippen molar-refractivity contribution in [3.8, 4) is 92.6 Å². The van der Waals surface area contributed by atoms with E-state index in [1.165, 1.54) is 58.7 Å². The molecule has 0 radical (unpaired) electrons. The number of halogens is 1. The van der Waals surface area contributed by atoms with Gasteiger partial charge in [0.05, 0.1) is 75.2 Å². The van der Waals surface area contributed by atoms with E-state index in [1.807, 2.05) is 68.6 Å². The molecule has 14 aliphatic heterocycles. The summed E-state index contributed by atoms with van der Waals surface area (Å²) in [4.78, 5) is 101. The highest BCUT2D eigenvalue weighted by Gasteiger charge is 2.65. The number of aryl methyl sites for hydroxylation is 2. The number of ether oxygens (including phenoxy) is 14. The number of rotatable bonds is 14. The Balaban J connectivity index is 0.000000217. The van der Waals surface area contributed by atoms with Crippen molar-refractivity contribution in [1.82, 2.24) is 30.2 Å². The summed E-state index contributed by atoms with van der Waals surface area (Å²) in [7, 11) is 10.0. The molecular weight excluding hydrogens is 1730 g/mol. The zero-order chi connectivity index (χ0) is 89.7. The van der Waals surface area contributed by atoms with Gasteiger partial charge in [-0.05, 0) is 167 Å². The minimum Gasteiger partial charge on any atom is -0.504 e. The van der Waals surface area contributed by atoms with Crippen LogP contribution >= 0.6 is 35.1 Å². The number of phenolic OH excluding ortho intramolecular Hbond substituents is 2. The van der Waals surface area contributed by atoms with E-state index in [0.717, 1.165) is 45.4 Å². The molecule has 6 aromatic carbocycles. The van der Waals surface area contributed by atoms with Crippen molar-refractivity contribution in [3.05, 3.63) is 125 Å². The topological polar surface area (TPSA) is 374 Å². The first-order valence-corrected chi connectivity index (χ1v) is 45.0. The number of aromatic hydroxyl groups is 2. The molecule has 130 heavy (non-hydrogen) atoms. The molecule has 0 saturated carbocycles. The highest BCUT2D eigenvalue weighted by atomic mass is 35.5. The first-order valence-electron chi connectivity index (χ1n) is 42.5. The highest BCUT2D eigenvalue weighted by Crippen LogP contribution is 2.68. The third kappa shape index (κ3) is 16.1. The fourth-order valence-electron chi connectivity index (χ4n) is 21.5. The molecule has 34 heteroatoms. The number of carbonyl (C=O) groups is 7. The Bertz CT molecular complexity index is 5590. The monoisotopic (exact) mass is 1850 g/mol. The Labute approximate surface area is 772 Å². The maximum atomic E-state index is 15.1. The van der Waals surface area contributed by atoms with Crippen LogP contribution in [-0.4, -0.2) is 201 Å². The van der Waals surface area contributed by atoms with Crippen LogP contribution < -0.4 is 67.5 Å². The lowest BCUT2D eigenvalue weighted by Gasteiger charge is -2.62. The number of thioether (sulfide) groups is 2. The summed E-state index contributed by atoms with van der Waals surface area (Å²) in [5.74, 6) is 1.70. The van der Waals surface area contributed by atoms with Crippen molar-refractivity contribution in [2.24, 2.45) is 0 Å². The molecule has 700 valence electrons. The van der Waals surface area contributed by atoms with Crippen molar-refractivity contribution in [1.29, 1.82) is 10.5 Å². The summed E-state index contributed by atoms with van der Waals surface area (Å²) in [5, 5.41) is 50.9. The van der Waals surface area contributed by atoms with E-state index in [-0.39, 0.29) is 127 Å². The van der Waals surface area contributed by atoms with Crippen molar-refractivity contribution in [2.45, 2.75) is 238 Å². The minimum absolute atomic E-state index is 0. The number of methoxy groups -OCH3 is 4. The number of esters is 6. The summed E-state index contributed by atoms with van der Waals surface area (Å²) in [6, 6.07) is 10.5. The van der Waals surface area contributed by atoms with Crippen LogP contribution in [0.4, 0.5) is 0 Å². The lowest BCUT2D eigenvalue weighted by atomic mass is 9.71. The molecule has 4 fully saturated rings. The molecule has 0 aliphatic carbocycles. The summed E-state index contributed by atoms with van der Waals surface area (Å²) < 4.78 is 85.2. The van der Waals surface area contributed by atoms with Gasteiger partial charge in [-0.2, -0.15) is 10.5 Å². The second kappa shape index (κ2) is 39.1. The Hall–Kier alpha value is -10.5. The quantitative estimate of drug-likeness (QED) is 0.0447. The number of hydrogen-bond donors (Lipinski definition) is 4. The highest BCUT2D eigenvalue weighted by molar-refractivity contribution is 7.99. The molecular formula is C96H119ClN8O23S2. The number of likely N-dealkylation sites (N-methyl/N-ethyl adjacent to an activating group) is 2. The molecule has 14 atom stereocenters. The Morgan fingerprint density at radius 3 is 1.38 bits per heavy atom. The number of benzene rings is 6. The van der Waals surface area contributed by atoms with Crippen molar-refractivity contribution >= 4 is 76.2 Å². The van der Waals surface area contributed by atoms with Crippen molar-refractivity contribution in [3.63, 3.8) is 0 Å². The van der Waals surface area contributed by atoms with Gasteiger partial charge >= 0.3 is 35.8 Å². The average molecular weight is 1850 g/mol. The van der Waals surface area contributed by atoms with Crippen LogP contribution in [0.3, 0.4) is 0 Å². The Morgan fingerprint density at radius 1 is 0.515 bits per heavy atom. The van der Waals surface area contributed by atoms with Crippen LogP contribution in [0.25, 0.3) is 0 Å². The van der Waals surface area contributed by atoms with E-state index in [0.29, 0.717) is 160 Å². The van der Waals surface area contributed by atoms with E-state index < -0.39 is 106 Å². The van der Waals surface area contributed by atoms with Gasteiger partial charge in [-0.3, -0.25) is 54.2 Å². The standard InChI is InChI=1S/C48H54N4O12S.C40H42N4O10S.C4H7ClO.4CH4/c1-9-11-34(54)63-33-17-26-13-14-50-48(28(26)18-32(33)57-7)21-65-46-38-37(44-43(60-22-61-44)24(4)42(38)62-25(5)53)31(20-59-47(48)56)52-30(19-49)29-16-27-15-23(3)41(58-8)45(64-35(55)12-10-2)36(27)39(40(46)52)51(29)6;1-17-9-21-10-23-24(13-41)44-25-14-51-39(48)40(22-12-27(49-5)26(46)11-20(22)7-8-42-40)15-55-38(32(44)31(43(23)4)28(21)33(47)34(17)50-6)30-29(25)37-36(52-16-53-37)18(2)35(30)54-19(3)45;1-2-3-4(5)6;;;;/h15,17-18,29-31,39-40,46,50H,9-14,16,20-22H2,1-8H3;9,11-12,23-25,31-32,38,42,46-47H,7-8,10,14-16H2,1-6H3;2-3H2,1H3;4*1H4/t29-,30-,31-,39+,40?,46+,48+;23-,24-,25-,31+,32?,38+,40+;;;;;/m00...../s1. The van der Waals surface area contributed by atoms with Gasteiger partial charge in [0.25, 0.3) is 0 Å². The number of hydrogen-bond acceptors (Lipinski definition) is 33. The zero-order valence-corrected chi connectivity index (χ0v) is 75.4. The van der Waals surface area contributed by atoms with E-state index in [9.17, 15) is 49.5 Å². The fraction of sp³-hybridized carbons (Fsp3) is 0.531. The molecule has 4 saturated heterocycles. The number of nitrogens with one attached hydrogen (secondary N) is 2. The number of phenols is 2. The van der Waals surface area contributed by atoms with Crippen LogP contribution in [0.1, 0.15) is 227 Å². The Morgan fingerprint density at radius 2 is 0.946 bits per heavy atom. The van der Waals surface area contributed by atoms with E-state index in [1.54, 1.807) is 31.4 Å². The smallest absolute Gasteiger partial charge is 0.331 e. The van der Waals surface area contributed by atoms with E-state index >= 15 is 4.79 Å². The van der Waals surface area contributed by atoms with Crippen LogP contribution in [0.15, 0.2) is 36.4 Å². The van der Waals surface area contributed by atoms with E-state index in [4.69, 9.17) is 77.9 Å². The lowest BCUT2D eigenvalue weighted by molar-refractivity contribution is -0.158. The van der Waals surface area contributed by atoms with E-state index in [2.05, 4.69) is 48.4 Å². The second-order valence-corrected chi connectivity index (χ2v) is 36.4. The van der Waals surface area contributed by atoms with Crippen molar-refractivity contribution in [2.75, 3.05) is 93.9 Å². The van der Waals surface area contributed by atoms with Gasteiger partial charge in [-0.1, -0.05) is 62.6 Å². The van der Waals surface area contributed by atoms with Crippen LogP contribution in [0.2, 0.25) is 0 Å². The predicted octanol–water partition coefficient (Wildman–Crippen LogP) is 14.1. The summed E-state index contributed by atoms with van der Waals surface area (Å²) in [6.45, 7) is 16.2. The van der Waals surface area contributed by atoms with Gasteiger partial charge in [-0.15, -0.1) is 23.5 Å². The summed E-state index contributed by atoms with van der Waals surface area (Å²) >= 11 is 7.89. The molecule has 6 aromatic rings. The van der Waals surface area contributed by atoms with Crippen molar-refractivity contribution < 1.29 is 110 Å². The number of nitrogens with zero attached hydrogens (tertiary/aromatic N) is 6. The first-order chi connectivity index (χ1) is 60.5. The number of carbonyl (C=O) groups excluding carboxylic acids is 7. The fourth-order valence-corrected chi connectivity index (χ4v) is 25.0. The van der Waals surface area contributed by atoms with Gasteiger partial charge in [0, 0.05) is 126 Å². The van der Waals surface area contributed by atoms with Crippen LogP contribution in [0.5, 0.6) is 80.5 Å². The molecule has 31 nitrogen and oxygen atoms in total. The summed E-state index contributed by atoms with van der Waals surface area (Å²) in [6.07, 6.45) is 5.01. The van der Waals surface area contributed by atoms with Crippen LogP contribution in [-0.2, 0) is 79.8 Å². The molecule has 2 spiro atoms. The molecule has 14 aliphatic rings. The average Bonchev–Trinajstić information content (AvgIpc) is 0.737. The molecule has 8 bridgehead atoms. The predicted molar refractivity (Wildman–Crippen MR) is 486 cm³/mol. The molecule has 2 unspecified atom stereocenters. The lowest BCUT2D eigenvalue weighted by Crippen LogP contribution is -2.69. The first kappa shape index (κ1) is 98.6. The molecule has 0 amide bonds. The van der Waals surface area contributed by atoms with Gasteiger partial charge in [0.1, 0.15) is 36.8 Å². The zero-order valence-electron chi connectivity index (χ0n) is 73.0. The maximum absolute atomic E-state index is 15.1. The molecule has 14 heterocycles. The van der Waals surface area contributed by atoms with Gasteiger partial charge < -0.3 is 76.5 Å². The number of fused-ring (bicyclic) bond motifs is 18. The molecule has 0 aromatic heterocycles. The van der Waals surface area contributed by atoms with Gasteiger partial charge in [-0.25, -0.2) is 9.59 Å². The SMILES string of the molecule is C.C.C.C.CCCC(=O)Cl.CCCC(=O)Oc1cc2c(cc1OC)[C@@]1(CS[C@@H]3c4c(OC(C)=O)c(C)c5c(c4[C@H](COC1=O)N1C3[C@H]3c4c(cc(C)c(OC)c4OC(=O)CCC)C[C@@H]([C@@H]1C#N)N3C)OCO5)NCC2.COc1cc2c(cc1O)CCN[C@]21CS[C@@H]2c3c(OC(C)=O)c(C)c4c(c3[C@H](COC1=O)N1C2[C@H]2c3c(cc(C)c(OC)c3O)C[C@@H]([C@@H]1C#N)N2C)OCO4. The van der Waals surface area contributed by atoms with Gasteiger partial charge in [0.15, 0.2) is 80.1 Å². The Kier molecular flexibility index (Phi) is 29.7. The maximum Gasteiger partial charge on any atom is 0.331 e.